The van der Waals surface area contributed by atoms with Gasteiger partial charge in [0.25, 0.3) is 5.91 Å². The lowest BCUT2D eigenvalue weighted by Crippen LogP contribution is -2.26. The van der Waals surface area contributed by atoms with Crippen LogP contribution in [-0.4, -0.2) is 27.0 Å². The van der Waals surface area contributed by atoms with E-state index in [0.29, 0.717) is 12.1 Å². The van der Waals surface area contributed by atoms with E-state index in [1.54, 1.807) is 10.7 Å². The highest BCUT2D eigenvalue weighted by atomic mass is 16.1. The maximum Gasteiger partial charge on any atom is 0.254 e. The first-order chi connectivity index (χ1) is 11.6. The largest absolute Gasteiger partial charge is 0.352 e. The highest BCUT2D eigenvalue weighted by Crippen LogP contribution is 2.27. The van der Waals surface area contributed by atoms with Crippen LogP contribution in [0.4, 0.5) is 0 Å². The van der Waals surface area contributed by atoms with Crippen LogP contribution in [0.5, 0.6) is 0 Å². The average Bonchev–Trinajstić information content (AvgIpc) is 2.93. The number of hydrogen-bond acceptors (Lipinski definition) is 3. The van der Waals surface area contributed by atoms with Crippen molar-refractivity contribution in [3.05, 3.63) is 53.5 Å². The van der Waals surface area contributed by atoms with Crippen molar-refractivity contribution in [3.8, 4) is 11.1 Å². The molecule has 0 unspecified atom stereocenters. The Kier molecular flexibility index (Phi) is 4.60. The van der Waals surface area contributed by atoms with Gasteiger partial charge in [0.1, 0.15) is 0 Å². The summed E-state index contributed by atoms with van der Waals surface area (Å²) >= 11 is 0. The number of benzene rings is 1. The van der Waals surface area contributed by atoms with Crippen molar-refractivity contribution in [2.75, 3.05) is 6.54 Å². The van der Waals surface area contributed by atoms with Crippen LogP contribution >= 0.6 is 0 Å². The molecule has 0 spiro atoms. The van der Waals surface area contributed by atoms with Crippen molar-refractivity contribution in [3.63, 3.8) is 0 Å². The number of aromatic nitrogens is 3. The first-order valence-electron chi connectivity index (χ1n) is 8.32. The standard InChI is InChI=1S/C19H22N4O/c1-4-5-11-20-19(24)16-12-21-18-17(15-9-7-6-8-10-15)13(2)22-23(18)14(16)3/h6-10,12H,4-5,11H2,1-3H3,(H,20,24). The quantitative estimate of drug-likeness (QED) is 0.731. The van der Waals surface area contributed by atoms with E-state index >= 15 is 0 Å². The molecular weight excluding hydrogens is 300 g/mol. The molecule has 1 N–H and O–H groups in total. The van der Waals surface area contributed by atoms with E-state index in [1.165, 1.54) is 0 Å². The minimum absolute atomic E-state index is 0.0928. The first kappa shape index (κ1) is 16.2. The molecule has 0 saturated carbocycles. The Labute approximate surface area is 141 Å². The molecule has 5 nitrogen and oxygen atoms in total. The summed E-state index contributed by atoms with van der Waals surface area (Å²) in [4.78, 5) is 16.9. The van der Waals surface area contributed by atoms with Crippen LogP contribution in [0.25, 0.3) is 16.8 Å². The van der Waals surface area contributed by atoms with Gasteiger partial charge in [-0.15, -0.1) is 0 Å². The Hall–Kier alpha value is -2.69. The second kappa shape index (κ2) is 6.83. The number of nitrogens with zero attached hydrogens (tertiary/aromatic N) is 3. The molecule has 3 rings (SSSR count). The van der Waals surface area contributed by atoms with Crippen molar-refractivity contribution in [2.45, 2.75) is 33.6 Å². The predicted molar refractivity (Wildman–Crippen MR) is 95.1 cm³/mol. The molecule has 5 heteroatoms. The second-order valence-corrected chi connectivity index (χ2v) is 5.93. The van der Waals surface area contributed by atoms with E-state index in [9.17, 15) is 4.79 Å². The molecule has 0 bridgehead atoms. The summed E-state index contributed by atoms with van der Waals surface area (Å²) in [7, 11) is 0. The van der Waals surface area contributed by atoms with E-state index in [4.69, 9.17) is 0 Å². The molecule has 1 amide bonds. The molecular formula is C19H22N4O. The first-order valence-corrected chi connectivity index (χ1v) is 8.32. The molecule has 124 valence electrons. The molecule has 0 aliphatic carbocycles. The average molecular weight is 322 g/mol. The lowest BCUT2D eigenvalue weighted by molar-refractivity contribution is 0.0951. The van der Waals surface area contributed by atoms with Gasteiger partial charge in [-0.05, 0) is 25.8 Å². The summed E-state index contributed by atoms with van der Waals surface area (Å²) < 4.78 is 1.77. The van der Waals surface area contributed by atoms with Gasteiger partial charge in [0, 0.05) is 18.3 Å². The number of fused-ring (bicyclic) bond motifs is 1. The van der Waals surface area contributed by atoms with E-state index in [1.807, 2.05) is 44.2 Å². The predicted octanol–water partition coefficient (Wildman–Crippen LogP) is 3.54. The summed E-state index contributed by atoms with van der Waals surface area (Å²) in [6.45, 7) is 6.66. The van der Waals surface area contributed by atoms with Gasteiger partial charge in [0.2, 0.25) is 0 Å². The number of nitrogens with one attached hydrogen (secondary N) is 1. The van der Waals surface area contributed by atoms with Gasteiger partial charge in [-0.25, -0.2) is 9.50 Å². The third kappa shape index (κ3) is 2.89. The summed E-state index contributed by atoms with van der Waals surface area (Å²) in [5, 5.41) is 7.54. The van der Waals surface area contributed by atoms with Gasteiger partial charge in [0.05, 0.1) is 17.0 Å². The van der Waals surface area contributed by atoms with Gasteiger partial charge in [-0.3, -0.25) is 4.79 Å². The Morgan fingerprint density at radius 2 is 1.96 bits per heavy atom. The summed E-state index contributed by atoms with van der Waals surface area (Å²) in [6.07, 6.45) is 3.67. The lowest BCUT2D eigenvalue weighted by atomic mass is 10.1. The zero-order valence-corrected chi connectivity index (χ0v) is 14.3. The Morgan fingerprint density at radius 1 is 1.21 bits per heavy atom. The second-order valence-electron chi connectivity index (χ2n) is 5.93. The summed E-state index contributed by atoms with van der Waals surface area (Å²) in [6, 6.07) is 10.1. The Morgan fingerprint density at radius 3 is 2.67 bits per heavy atom. The Balaban J connectivity index is 2.04. The highest BCUT2D eigenvalue weighted by Gasteiger charge is 2.18. The number of rotatable bonds is 5. The third-order valence-electron chi connectivity index (χ3n) is 4.18. The lowest BCUT2D eigenvalue weighted by Gasteiger charge is -2.08. The number of carbonyl (C=O) groups is 1. The van der Waals surface area contributed by atoms with Gasteiger partial charge in [-0.1, -0.05) is 43.7 Å². The van der Waals surface area contributed by atoms with Crippen LogP contribution in [0.15, 0.2) is 36.5 Å². The number of carbonyl (C=O) groups excluding carboxylic acids is 1. The van der Waals surface area contributed by atoms with E-state index in [2.05, 4.69) is 22.3 Å². The molecule has 24 heavy (non-hydrogen) atoms. The minimum atomic E-state index is -0.0928. The fourth-order valence-corrected chi connectivity index (χ4v) is 2.84. The molecule has 2 heterocycles. The van der Waals surface area contributed by atoms with Crippen LogP contribution < -0.4 is 5.32 Å². The molecule has 0 aliphatic heterocycles. The number of aryl methyl sites for hydroxylation is 2. The molecule has 0 fully saturated rings. The maximum absolute atomic E-state index is 12.4. The van der Waals surface area contributed by atoms with Crippen LogP contribution in [-0.2, 0) is 0 Å². The van der Waals surface area contributed by atoms with Crippen LogP contribution in [0.2, 0.25) is 0 Å². The van der Waals surface area contributed by atoms with E-state index < -0.39 is 0 Å². The van der Waals surface area contributed by atoms with Gasteiger partial charge in [0.15, 0.2) is 5.65 Å². The van der Waals surface area contributed by atoms with Crippen molar-refractivity contribution in [1.29, 1.82) is 0 Å². The molecule has 3 aromatic rings. The monoisotopic (exact) mass is 322 g/mol. The molecule has 0 aliphatic rings. The zero-order valence-electron chi connectivity index (χ0n) is 14.3. The highest BCUT2D eigenvalue weighted by molar-refractivity contribution is 5.95. The SMILES string of the molecule is CCCCNC(=O)c1cnc2c(-c3ccccc3)c(C)nn2c1C. The van der Waals surface area contributed by atoms with Crippen molar-refractivity contribution < 1.29 is 4.79 Å². The molecule has 0 saturated heterocycles. The van der Waals surface area contributed by atoms with Crippen LogP contribution in [0.3, 0.4) is 0 Å². The van der Waals surface area contributed by atoms with Crippen LogP contribution in [0, 0.1) is 13.8 Å². The molecule has 0 radical (unpaired) electrons. The summed E-state index contributed by atoms with van der Waals surface area (Å²) in [5.41, 5.74) is 5.15. The number of unbranched alkanes of at least 4 members (excludes halogenated alkanes) is 1. The number of amides is 1. The van der Waals surface area contributed by atoms with Gasteiger partial charge >= 0.3 is 0 Å². The van der Waals surface area contributed by atoms with E-state index in [0.717, 1.165) is 41.0 Å². The van der Waals surface area contributed by atoms with Crippen molar-refractivity contribution >= 4 is 11.6 Å². The van der Waals surface area contributed by atoms with Gasteiger partial charge < -0.3 is 5.32 Å². The molecule has 0 atom stereocenters. The summed E-state index contributed by atoms with van der Waals surface area (Å²) in [5.74, 6) is -0.0928. The van der Waals surface area contributed by atoms with E-state index in [-0.39, 0.29) is 5.91 Å². The fourth-order valence-electron chi connectivity index (χ4n) is 2.84. The number of hydrogen-bond donors (Lipinski definition) is 1. The zero-order chi connectivity index (χ0) is 17.1. The normalized spacial score (nSPS) is 11.0. The Bertz CT molecular complexity index is 868. The topological polar surface area (TPSA) is 59.3 Å². The van der Waals surface area contributed by atoms with Crippen molar-refractivity contribution in [2.24, 2.45) is 0 Å². The molecule has 1 aromatic carbocycles. The third-order valence-corrected chi connectivity index (χ3v) is 4.18. The van der Waals surface area contributed by atoms with Gasteiger partial charge in [-0.2, -0.15) is 5.10 Å². The smallest absolute Gasteiger partial charge is 0.254 e. The van der Waals surface area contributed by atoms with Crippen molar-refractivity contribution in [1.82, 2.24) is 19.9 Å². The fraction of sp³-hybridized carbons (Fsp3) is 0.316. The molecule has 2 aromatic heterocycles. The minimum Gasteiger partial charge on any atom is -0.352 e. The maximum atomic E-state index is 12.4. The van der Waals surface area contributed by atoms with Crippen LogP contribution in [0.1, 0.15) is 41.5 Å².